The van der Waals surface area contributed by atoms with Crippen molar-refractivity contribution in [3.05, 3.63) is 0 Å². The van der Waals surface area contributed by atoms with Gasteiger partial charge in [-0.1, -0.05) is 0 Å². The van der Waals surface area contributed by atoms with Gasteiger partial charge in [0.2, 0.25) is 0 Å². The van der Waals surface area contributed by atoms with Gasteiger partial charge in [0.05, 0.1) is 19.3 Å². The monoisotopic (exact) mass is 261 g/mol. The third-order valence-corrected chi connectivity index (χ3v) is 3.71. The Morgan fingerprint density at radius 1 is 1.28 bits per heavy atom. The summed E-state index contributed by atoms with van der Waals surface area (Å²) in [7, 11) is 1.64. The van der Waals surface area contributed by atoms with Crippen LogP contribution in [-0.2, 0) is 9.47 Å². The lowest BCUT2D eigenvalue weighted by molar-refractivity contribution is -0.0164. The summed E-state index contributed by atoms with van der Waals surface area (Å²) >= 11 is 0. The number of nitrogens with two attached hydrogens (primary N) is 1. The first-order valence-electron chi connectivity index (χ1n) is 9.29. The lowest BCUT2D eigenvalue weighted by Crippen LogP contribution is -2.46. The van der Waals surface area contributed by atoms with Crippen molar-refractivity contribution in [2.45, 2.75) is 56.6 Å². The van der Waals surface area contributed by atoms with Crippen molar-refractivity contribution in [3.8, 4) is 0 Å². The number of rotatable bonds is 5. The number of hydrogen-bond donors (Lipinski definition) is 1. The van der Waals surface area contributed by atoms with Crippen LogP contribution in [0.1, 0.15) is 45.3 Å². The van der Waals surface area contributed by atoms with Crippen molar-refractivity contribution in [2.24, 2.45) is 5.73 Å². The van der Waals surface area contributed by atoms with Gasteiger partial charge in [0, 0.05) is 26.0 Å². The summed E-state index contributed by atoms with van der Waals surface area (Å²) in [5.41, 5.74) is 5.71. The zero-order valence-corrected chi connectivity index (χ0v) is 11.2. The molecule has 0 aromatic carbocycles. The standard InChI is InChI=1S/C14H28N2O2/c1-17-10-11-18-14-4-2-13(3-5-14)16-8-6-12(15)7-9-16/h12-14H,2-11,15H2,1H3/t13-,14-/i6D2,8D2,12D/t12?,13-,14-. The summed E-state index contributed by atoms with van der Waals surface area (Å²) < 4.78 is 51.1. The molecule has 0 spiro atoms. The number of methoxy groups -OCH3 is 1. The average Bonchev–Trinajstić information content (AvgIpc) is 2.47. The van der Waals surface area contributed by atoms with Crippen LogP contribution in [0.2, 0.25) is 0 Å². The lowest BCUT2D eigenvalue weighted by atomic mass is 9.90. The summed E-state index contributed by atoms with van der Waals surface area (Å²) in [4.78, 5) is 1.58. The van der Waals surface area contributed by atoms with Gasteiger partial charge in [0.1, 0.15) is 0 Å². The third kappa shape index (κ3) is 4.19. The van der Waals surface area contributed by atoms with E-state index in [1.165, 1.54) is 0 Å². The van der Waals surface area contributed by atoms with Crippen molar-refractivity contribution < 1.29 is 16.3 Å². The van der Waals surface area contributed by atoms with Gasteiger partial charge >= 0.3 is 0 Å². The fraction of sp³-hybridized carbons (Fsp3) is 1.00. The molecule has 0 amide bonds. The van der Waals surface area contributed by atoms with Crippen molar-refractivity contribution >= 4 is 0 Å². The smallest absolute Gasteiger partial charge is 0.0704 e. The van der Waals surface area contributed by atoms with Gasteiger partial charge in [0.15, 0.2) is 0 Å². The van der Waals surface area contributed by atoms with Crippen LogP contribution in [0.25, 0.3) is 0 Å². The second-order valence-corrected chi connectivity index (χ2v) is 5.00. The molecule has 1 unspecified atom stereocenters. The molecular formula is C14H28N2O2. The van der Waals surface area contributed by atoms with Crippen LogP contribution >= 0.6 is 0 Å². The average molecular weight is 261 g/mol. The fourth-order valence-electron chi connectivity index (χ4n) is 2.60. The van der Waals surface area contributed by atoms with E-state index in [1.54, 1.807) is 12.0 Å². The number of hydrogen-bond acceptors (Lipinski definition) is 4. The second kappa shape index (κ2) is 7.43. The van der Waals surface area contributed by atoms with Crippen molar-refractivity contribution in [2.75, 3.05) is 33.4 Å². The second-order valence-electron chi connectivity index (χ2n) is 5.00. The number of ether oxygens (including phenoxy) is 2. The molecule has 2 aliphatic rings. The molecule has 4 heteroatoms. The van der Waals surface area contributed by atoms with E-state index in [9.17, 15) is 0 Å². The summed E-state index contributed by atoms with van der Waals surface area (Å²) in [5.74, 6) is 0. The molecule has 1 aliphatic carbocycles. The highest BCUT2D eigenvalue weighted by Crippen LogP contribution is 2.26. The molecule has 0 radical (unpaired) electrons. The normalized spacial score (nSPS) is 48.4. The Morgan fingerprint density at radius 3 is 2.78 bits per heavy atom. The van der Waals surface area contributed by atoms with E-state index in [1.807, 2.05) is 0 Å². The van der Waals surface area contributed by atoms with E-state index >= 15 is 0 Å². The topological polar surface area (TPSA) is 47.7 Å². The Morgan fingerprint density at radius 2 is 2.06 bits per heavy atom. The van der Waals surface area contributed by atoms with E-state index < -0.39 is 18.9 Å². The Kier molecular flexibility index (Phi) is 3.68. The number of likely N-dealkylation sites (tertiary alicyclic amines) is 1. The molecule has 18 heavy (non-hydrogen) atoms. The quantitative estimate of drug-likeness (QED) is 0.760. The van der Waals surface area contributed by atoms with E-state index in [4.69, 9.17) is 22.1 Å². The maximum Gasteiger partial charge on any atom is 0.0704 e. The SMILES string of the molecule is [2H]C1(N)CCN([C@H]2CC[C@H](OCCOC)CC2)C([2H])([2H])C1([2H])[2H]. The molecular weight excluding hydrogens is 228 g/mol. The summed E-state index contributed by atoms with van der Waals surface area (Å²) in [6.45, 7) is -0.799. The maximum atomic E-state index is 8.23. The predicted molar refractivity (Wildman–Crippen MR) is 72.7 cm³/mol. The summed E-state index contributed by atoms with van der Waals surface area (Å²) in [6.07, 6.45) is 1.08. The lowest BCUT2D eigenvalue weighted by Gasteiger charge is -2.40. The van der Waals surface area contributed by atoms with E-state index in [0.29, 0.717) is 19.8 Å². The highest BCUT2D eigenvalue weighted by molar-refractivity contribution is 4.84. The van der Waals surface area contributed by atoms with Gasteiger partial charge < -0.3 is 20.1 Å². The van der Waals surface area contributed by atoms with Crippen LogP contribution in [0, 0.1) is 0 Å². The molecule has 4 nitrogen and oxygen atoms in total. The first kappa shape index (κ1) is 8.90. The molecule has 0 bridgehead atoms. The van der Waals surface area contributed by atoms with E-state index in [2.05, 4.69) is 0 Å². The number of piperidine rings is 1. The Labute approximate surface area is 118 Å². The highest BCUT2D eigenvalue weighted by Gasteiger charge is 2.28. The predicted octanol–water partition coefficient (Wildman–Crippen LogP) is 1.38. The zero-order valence-electron chi connectivity index (χ0n) is 16.2. The molecule has 1 saturated heterocycles. The first-order valence-corrected chi connectivity index (χ1v) is 6.79. The van der Waals surface area contributed by atoms with Gasteiger partial charge in [-0.05, 0) is 51.5 Å². The minimum absolute atomic E-state index is 0.0292. The van der Waals surface area contributed by atoms with E-state index in [0.717, 1.165) is 25.7 Å². The van der Waals surface area contributed by atoms with Crippen LogP contribution in [0.5, 0.6) is 0 Å². The molecule has 0 aromatic heterocycles. The van der Waals surface area contributed by atoms with Crippen LogP contribution in [0.15, 0.2) is 0 Å². The summed E-state index contributed by atoms with van der Waals surface area (Å²) in [6, 6.07) is -1.92. The highest BCUT2D eigenvalue weighted by atomic mass is 16.5. The van der Waals surface area contributed by atoms with Gasteiger partial charge in [-0.25, -0.2) is 0 Å². The van der Waals surface area contributed by atoms with Crippen molar-refractivity contribution in [3.63, 3.8) is 0 Å². The fourth-order valence-corrected chi connectivity index (χ4v) is 2.60. The van der Waals surface area contributed by atoms with Crippen LogP contribution < -0.4 is 5.73 Å². The first-order chi connectivity index (χ1) is 10.6. The molecule has 0 aromatic rings. The minimum atomic E-state index is -2.41. The van der Waals surface area contributed by atoms with Crippen LogP contribution in [0.3, 0.4) is 0 Å². The minimum Gasteiger partial charge on any atom is -0.382 e. The molecule has 2 fully saturated rings. The van der Waals surface area contributed by atoms with Gasteiger partial charge in [-0.2, -0.15) is 0 Å². The number of nitrogens with zero attached hydrogens (tertiary/aromatic N) is 1. The van der Waals surface area contributed by atoms with Gasteiger partial charge in [-0.15, -0.1) is 0 Å². The van der Waals surface area contributed by atoms with Gasteiger partial charge in [-0.3, -0.25) is 0 Å². The zero-order chi connectivity index (χ0) is 17.3. The Hall–Kier alpha value is -0.160. The molecule has 1 saturated carbocycles. The van der Waals surface area contributed by atoms with Crippen LogP contribution in [-0.4, -0.2) is 56.4 Å². The largest absolute Gasteiger partial charge is 0.382 e. The third-order valence-electron chi connectivity index (χ3n) is 3.71. The van der Waals surface area contributed by atoms with Crippen molar-refractivity contribution in [1.29, 1.82) is 0 Å². The molecule has 2 N–H and O–H groups in total. The molecule has 2 rings (SSSR count). The van der Waals surface area contributed by atoms with Crippen LogP contribution in [0.4, 0.5) is 0 Å². The molecule has 106 valence electrons. The van der Waals surface area contributed by atoms with Crippen molar-refractivity contribution in [1.82, 2.24) is 4.90 Å². The Bertz CT molecular complexity index is 401. The summed E-state index contributed by atoms with van der Waals surface area (Å²) in [5, 5.41) is 0. The van der Waals surface area contributed by atoms with Gasteiger partial charge in [0.25, 0.3) is 0 Å². The van der Waals surface area contributed by atoms with E-state index in [-0.39, 0.29) is 18.6 Å². The maximum absolute atomic E-state index is 8.23. The Balaban J connectivity index is 1.96. The molecule has 1 aliphatic heterocycles. The molecule has 1 heterocycles. The molecule has 1 atom stereocenters.